The Kier molecular flexibility index (Phi) is 3.91. The molecule has 4 nitrogen and oxygen atoms in total. The van der Waals surface area contributed by atoms with Gasteiger partial charge in [-0.1, -0.05) is 18.2 Å². The summed E-state index contributed by atoms with van der Waals surface area (Å²) in [4.78, 5) is 29.7. The fraction of sp³-hybridized carbons (Fsp3) is 0.400. The van der Waals surface area contributed by atoms with Gasteiger partial charge in [-0.2, -0.15) is 11.3 Å². The number of benzene rings is 1. The van der Waals surface area contributed by atoms with Gasteiger partial charge >= 0.3 is 0 Å². The Morgan fingerprint density at radius 2 is 1.88 bits per heavy atom. The number of nitrogens with zero attached hydrogens (tertiary/aromatic N) is 2. The molecule has 130 valence electrons. The molecule has 0 N–H and O–H groups in total. The molecular weight excluding hydrogens is 332 g/mol. The summed E-state index contributed by atoms with van der Waals surface area (Å²) in [6.07, 6.45) is 1.39. The molecule has 0 unspecified atom stereocenters. The minimum absolute atomic E-state index is 0.0792. The van der Waals surface area contributed by atoms with E-state index in [2.05, 4.69) is 19.9 Å². The molecule has 1 fully saturated rings. The molecule has 0 bridgehead atoms. The van der Waals surface area contributed by atoms with E-state index in [9.17, 15) is 9.59 Å². The molecule has 1 spiro atoms. The lowest BCUT2D eigenvalue weighted by atomic mass is 9.73. The highest BCUT2D eigenvalue weighted by Crippen LogP contribution is 2.48. The number of fused-ring (bicyclic) bond motifs is 2. The molecule has 4 rings (SSSR count). The van der Waals surface area contributed by atoms with Crippen LogP contribution in [0.4, 0.5) is 5.69 Å². The molecule has 2 amide bonds. The molecule has 25 heavy (non-hydrogen) atoms. The number of piperidine rings is 1. The Labute approximate surface area is 152 Å². The minimum Gasteiger partial charge on any atom is -0.339 e. The van der Waals surface area contributed by atoms with Crippen molar-refractivity contribution in [3.8, 4) is 0 Å². The maximum atomic E-state index is 13.3. The van der Waals surface area contributed by atoms with Crippen molar-refractivity contribution in [2.75, 3.05) is 18.0 Å². The summed E-state index contributed by atoms with van der Waals surface area (Å²) >= 11 is 1.54. The average molecular weight is 354 g/mol. The number of carbonyl (C=O) groups is 2. The third kappa shape index (κ3) is 2.41. The average Bonchev–Trinajstić information content (AvgIpc) is 3.22. The van der Waals surface area contributed by atoms with E-state index in [1.807, 2.05) is 44.8 Å². The van der Waals surface area contributed by atoms with Crippen LogP contribution in [0.1, 0.15) is 42.6 Å². The highest BCUT2D eigenvalue weighted by atomic mass is 32.1. The summed E-state index contributed by atoms with van der Waals surface area (Å²) < 4.78 is 0. The van der Waals surface area contributed by atoms with Crippen LogP contribution in [0, 0.1) is 0 Å². The fourth-order valence-electron chi connectivity index (χ4n) is 4.20. The van der Waals surface area contributed by atoms with Crippen molar-refractivity contribution in [3.05, 3.63) is 52.2 Å². The molecule has 1 saturated heterocycles. The van der Waals surface area contributed by atoms with E-state index >= 15 is 0 Å². The lowest BCUT2D eigenvalue weighted by molar-refractivity contribution is -0.125. The van der Waals surface area contributed by atoms with Crippen molar-refractivity contribution in [2.45, 2.75) is 38.1 Å². The first-order chi connectivity index (χ1) is 12.0. The van der Waals surface area contributed by atoms with Crippen LogP contribution in [0.15, 0.2) is 41.1 Å². The van der Waals surface area contributed by atoms with E-state index in [0.717, 1.165) is 16.8 Å². The Balaban J connectivity index is 1.62. The molecule has 0 saturated carbocycles. The largest absolute Gasteiger partial charge is 0.339 e. The predicted octanol–water partition coefficient (Wildman–Crippen LogP) is 3.68. The number of likely N-dealkylation sites (tertiary alicyclic amines) is 1. The number of anilines is 1. The third-order valence-corrected chi connectivity index (χ3v) is 6.18. The maximum absolute atomic E-state index is 13.3. The van der Waals surface area contributed by atoms with E-state index in [-0.39, 0.29) is 17.9 Å². The lowest BCUT2D eigenvalue weighted by Crippen LogP contribution is -2.51. The molecule has 1 aromatic heterocycles. The first-order valence-electron chi connectivity index (χ1n) is 8.79. The van der Waals surface area contributed by atoms with E-state index in [1.54, 1.807) is 0 Å². The summed E-state index contributed by atoms with van der Waals surface area (Å²) in [6.45, 7) is 5.37. The van der Waals surface area contributed by atoms with Gasteiger partial charge < -0.3 is 9.80 Å². The van der Waals surface area contributed by atoms with Crippen LogP contribution in [-0.2, 0) is 10.2 Å². The zero-order valence-corrected chi connectivity index (χ0v) is 15.4. The van der Waals surface area contributed by atoms with Gasteiger partial charge in [-0.05, 0) is 49.8 Å². The molecular formula is C20H22N2O2S. The van der Waals surface area contributed by atoms with Crippen LogP contribution < -0.4 is 4.90 Å². The zero-order chi connectivity index (χ0) is 17.6. The third-order valence-electron chi connectivity index (χ3n) is 5.50. The van der Waals surface area contributed by atoms with Crippen LogP contribution in [0.25, 0.3) is 0 Å². The Bertz CT molecular complexity index is 805. The van der Waals surface area contributed by atoms with E-state index < -0.39 is 5.41 Å². The number of rotatable bonds is 2. The summed E-state index contributed by atoms with van der Waals surface area (Å²) in [7, 11) is 0. The first-order valence-corrected chi connectivity index (χ1v) is 9.73. The van der Waals surface area contributed by atoms with Gasteiger partial charge in [0.1, 0.15) is 0 Å². The number of para-hydroxylation sites is 1. The maximum Gasteiger partial charge on any atom is 0.254 e. The zero-order valence-electron chi connectivity index (χ0n) is 14.6. The molecule has 2 aliphatic heterocycles. The Hall–Kier alpha value is -2.14. The highest BCUT2D eigenvalue weighted by molar-refractivity contribution is 7.08. The van der Waals surface area contributed by atoms with Crippen molar-refractivity contribution in [1.82, 2.24) is 4.90 Å². The topological polar surface area (TPSA) is 40.6 Å². The predicted molar refractivity (Wildman–Crippen MR) is 100 cm³/mol. The number of carbonyl (C=O) groups excluding carboxylic acids is 2. The van der Waals surface area contributed by atoms with Crippen LogP contribution >= 0.6 is 11.3 Å². The van der Waals surface area contributed by atoms with Crippen molar-refractivity contribution in [2.24, 2.45) is 0 Å². The van der Waals surface area contributed by atoms with Crippen molar-refractivity contribution >= 4 is 28.8 Å². The molecule has 0 aliphatic carbocycles. The quantitative estimate of drug-likeness (QED) is 0.825. The van der Waals surface area contributed by atoms with Gasteiger partial charge in [-0.15, -0.1) is 0 Å². The summed E-state index contributed by atoms with van der Waals surface area (Å²) in [5.74, 6) is 0.280. The van der Waals surface area contributed by atoms with Crippen LogP contribution in [0.2, 0.25) is 0 Å². The minimum atomic E-state index is -0.466. The molecule has 5 heteroatoms. The van der Waals surface area contributed by atoms with Gasteiger partial charge in [0.05, 0.1) is 11.0 Å². The number of hydrogen-bond donors (Lipinski definition) is 0. The van der Waals surface area contributed by atoms with Gasteiger partial charge in [0.2, 0.25) is 5.91 Å². The van der Waals surface area contributed by atoms with Crippen LogP contribution in [-0.4, -0.2) is 35.8 Å². The molecule has 0 radical (unpaired) electrons. The van der Waals surface area contributed by atoms with Crippen LogP contribution in [0.3, 0.4) is 0 Å². The normalized spacial score (nSPS) is 18.9. The molecule has 3 heterocycles. The van der Waals surface area contributed by atoms with Gasteiger partial charge in [0, 0.05) is 30.2 Å². The fourth-order valence-corrected chi connectivity index (χ4v) is 4.83. The van der Waals surface area contributed by atoms with Gasteiger partial charge in [0.25, 0.3) is 5.91 Å². The second-order valence-electron chi connectivity index (χ2n) is 7.17. The summed E-state index contributed by atoms with van der Waals surface area (Å²) in [5, 5.41) is 3.82. The molecule has 2 aliphatic rings. The second kappa shape index (κ2) is 5.99. The lowest BCUT2D eigenvalue weighted by Gasteiger charge is -2.38. The highest BCUT2D eigenvalue weighted by Gasteiger charge is 2.52. The van der Waals surface area contributed by atoms with Gasteiger partial charge in [-0.25, -0.2) is 0 Å². The monoisotopic (exact) mass is 354 g/mol. The SMILES string of the molecule is CC(C)N1C(=O)C2(CCN(C(=O)c3ccsc3)CC2)c2ccccc21. The number of hydrogen-bond acceptors (Lipinski definition) is 3. The van der Waals surface area contributed by atoms with Gasteiger partial charge in [-0.3, -0.25) is 9.59 Å². The molecule has 1 aromatic carbocycles. The summed E-state index contributed by atoms with van der Waals surface area (Å²) in [6, 6.07) is 10.2. The van der Waals surface area contributed by atoms with Crippen molar-refractivity contribution in [1.29, 1.82) is 0 Å². The van der Waals surface area contributed by atoms with E-state index in [4.69, 9.17) is 0 Å². The Morgan fingerprint density at radius 1 is 1.16 bits per heavy atom. The second-order valence-corrected chi connectivity index (χ2v) is 7.95. The summed E-state index contributed by atoms with van der Waals surface area (Å²) in [5.41, 5.74) is 2.46. The first kappa shape index (κ1) is 16.3. The van der Waals surface area contributed by atoms with E-state index in [0.29, 0.717) is 25.9 Å². The molecule has 2 aromatic rings. The Morgan fingerprint density at radius 3 is 2.52 bits per heavy atom. The van der Waals surface area contributed by atoms with E-state index in [1.165, 1.54) is 11.3 Å². The van der Waals surface area contributed by atoms with Crippen molar-refractivity contribution in [3.63, 3.8) is 0 Å². The number of amides is 2. The van der Waals surface area contributed by atoms with Crippen LogP contribution in [0.5, 0.6) is 0 Å². The van der Waals surface area contributed by atoms with Gasteiger partial charge in [0.15, 0.2) is 0 Å². The number of thiophene rings is 1. The standard InChI is InChI=1S/C20H22N2O2S/c1-14(2)22-17-6-4-3-5-16(17)20(19(22)24)8-10-21(11-9-20)18(23)15-7-12-25-13-15/h3-7,12-14H,8-11H2,1-2H3. The van der Waals surface area contributed by atoms with Crippen molar-refractivity contribution < 1.29 is 9.59 Å². The molecule has 0 atom stereocenters. The smallest absolute Gasteiger partial charge is 0.254 e.